The summed E-state index contributed by atoms with van der Waals surface area (Å²) in [5.74, 6) is 5.59. The highest BCUT2D eigenvalue weighted by molar-refractivity contribution is 6.65. The third-order valence-corrected chi connectivity index (χ3v) is 17.5. The van der Waals surface area contributed by atoms with Gasteiger partial charge in [-0.15, -0.1) is 0 Å². The van der Waals surface area contributed by atoms with Gasteiger partial charge in [-0.2, -0.15) is 0 Å². The molecule has 3 aromatic rings. The molecule has 4 N–H and O–H groups in total. The maximum atomic E-state index is 5.18. The number of piperidine rings is 4. The van der Waals surface area contributed by atoms with Gasteiger partial charge in [0, 0.05) is 64.5 Å². The van der Waals surface area contributed by atoms with E-state index in [0.29, 0.717) is 83.8 Å². The van der Waals surface area contributed by atoms with Crippen molar-refractivity contribution in [3.8, 4) is 0 Å². The Morgan fingerprint density at radius 1 is 0.526 bits per heavy atom. The Balaban J connectivity index is 0.975. The molecule has 0 spiro atoms. The lowest BCUT2D eigenvalue weighted by Gasteiger charge is -2.68. The first-order valence-electron chi connectivity index (χ1n) is 22.9. The SMILES string of the molecule is c1ccc(N2C3=C(C4NCCCC42)C2NCCC4B5C6CCNC7C8=C(N(c9ccccc9)C9CCCNC89)N(C8CC(c9ccccn9)CC(C58)N3C42)C67)cc1. The normalized spacial score (nSPS) is 42.0. The molecule has 12 atom stereocenters. The lowest BCUT2D eigenvalue weighted by atomic mass is 9.19. The molecule has 11 heterocycles. The van der Waals surface area contributed by atoms with Crippen LogP contribution in [0.5, 0.6) is 0 Å². The van der Waals surface area contributed by atoms with Gasteiger partial charge in [-0.25, -0.2) is 0 Å². The van der Waals surface area contributed by atoms with Crippen LogP contribution in [-0.2, 0) is 0 Å². The maximum absolute atomic E-state index is 5.18. The van der Waals surface area contributed by atoms with Gasteiger partial charge in [0.25, 0.3) is 0 Å². The number of pyridine rings is 1. The van der Waals surface area contributed by atoms with E-state index < -0.39 is 0 Å². The molecule has 7 fully saturated rings. The quantitative estimate of drug-likeness (QED) is 0.273. The van der Waals surface area contributed by atoms with Crippen LogP contribution >= 0.6 is 0 Å². The fourth-order valence-electron chi connectivity index (χ4n) is 16.0. The average Bonchev–Trinajstić information content (AvgIpc) is 4.00. The summed E-state index contributed by atoms with van der Waals surface area (Å²) in [7, 11) is 0. The average molecular weight is 758 g/mol. The zero-order valence-electron chi connectivity index (χ0n) is 33.0. The monoisotopic (exact) mass is 757 g/mol. The molecule has 0 radical (unpaired) electrons. The van der Waals surface area contributed by atoms with Crippen molar-refractivity contribution in [3.05, 3.63) is 114 Å². The fourth-order valence-corrected chi connectivity index (χ4v) is 16.0. The van der Waals surface area contributed by atoms with Crippen LogP contribution in [0, 0.1) is 0 Å². The first-order chi connectivity index (χ1) is 28.3. The second-order valence-electron chi connectivity index (χ2n) is 19.5. The predicted octanol–water partition coefficient (Wildman–Crippen LogP) is 5.13. The van der Waals surface area contributed by atoms with Crippen LogP contribution < -0.4 is 31.1 Å². The molecule has 6 saturated heterocycles. The Morgan fingerprint density at radius 3 is 1.54 bits per heavy atom. The van der Waals surface area contributed by atoms with Crippen LogP contribution in [0.3, 0.4) is 0 Å². The molecule has 2 aromatic carbocycles. The van der Waals surface area contributed by atoms with E-state index in [-0.39, 0.29) is 0 Å². The third kappa shape index (κ3) is 4.33. The van der Waals surface area contributed by atoms with Crippen molar-refractivity contribution < 1.29 is 0 Å². The highest BCUT2D eigenvalue weighted by Gasteiger charge is 2.72. The van der Waals surface area contributed by atoms with Gasteiger partial charge < -0.3 is 40.9 Å². The van der Waals surface area contributed by atoms with Crippen molar-refractivity contribution >= 4 is 18.1 Å². The molecule has 0 bridgehead atoms. The molecule has 292 valence electrons. The first kappa shape index (κ1) is 33.1. The van der Waals surface area contributed by atoms with E-state index in [1.807, 2.05) is 0 Å². The van der Waals surface area contributed by atoms with Crippen LogP contribution in [0.25, 0.3) is 0 Å². The summed E-state index contributed by atoms with van der Waals surface area (Å²) in [5.41, 5.74) is 7.46. The number of rotatable bonds is 3. The van der Waals surface area contributed by atoms with E-state index in [0.717, 1.165) is 32.9 Å². The molecular weight excluding hydrogens is 701 g/mol. The number of para-hydroxylation sites is 2. The van der Waals surface area contributed by atoms with E-state index >= 15 is 0 Å². The second kappa shape index (κ2) is 12.4. The topological polar surface area (TPSA) is 74.0 Å². The van der Waals surface area contributed by atoms with Crippen LogP contribution in [0.2, 0.25) is 17.5 Å². The Morgan fingerprint density at radius 2 is 1.04 bits per heavy atom. The van der Waals surface area contributed by atoms with Crippen molar-refractivity contribution in [2.75, 3.05) is 36.0 Å². The molecule has 12 unspecified atom stereocenters. The van der Waals surface area contributed by atoms with Gasteiger partial charge in [0.05, 0.1) is 36.3 Å². The maximum Gasteiger partial charge on any atom is 0.159 e. The molecule has 1 aliphatic carbocycles. The van der Waals surface area contributed by atoms with Gasteiger partial charge in [-0.3, -0.25) is 4.98 Å². The summed E-state index contributed by atoms with van der Waals surface area (Å²) in [6, 6.07) is 34.3. The van der Waals surface area contributed by atoms with Crippen LogP contribution in [0.1, 0.15) is 63.0 Å². The Bertz CT molecular complexity index is 2000. The van der Waals surface area contributed by atoms with Gasteiger partial charge in [-0.05, 0) is 131 Å². The van der Waals surface area contributed by atoms with Crippen LogP contribution in [-0.4, -0.2) is 108 Å². The molecular formula is C47H56BN9. The molecule has 57 heavy (non-hydrogen) atoms. The molecule has 14 rings (SSSR count). The van der Waals surface area contributed by atoms with E-state index in [1.165, 1.54) is 68.4 Å². The molecule has 0 amide bonds. The highest BCUT2D eigenvalue weighted by atomic mass is 15.5. The van der Waals surface area contributed by atoms with Gasteiger partial charge in [0.1, 0.15) is 11.6 Å². The summed E-state index contributed by atoms with van der Waals surface area (Å²) < 4.78 is 0. The minimum absolute atomic E-state index is 0.414. The summed E-state index contributed by atoms with van der Waals surface area (Å²) in [6.07, 6.45) is 12.0. The lowest BCUT2D eigenvalue weighted by Crippen LogP contribution is -2.76. The zero-order chi connectivity index (χ0) is 36.9. The van der Waals surface area contributed by atoms with Gasteiger partial charge in [-0.1, -0.05) is 42.5 Å². The van der Waals surface area contributed by atoms with E-state index in [2.05, 4.69) is 126 Å². The molecule has 10 aliphatic heterocycles. The standard InChI is InChI=1S/C47H56BN9/c1-3-11-28(12-4-1)54-33-16-9-21-50-40(33)37-42-44-30(18-23-52-42)48-31-19-24-53-43-38-41-34(17-10-22-51-41)55(29-13-5-2-6-14-29)47(38)57(45(31)43)36-26-27(32-15-7-8-20-49-32)25-35(39(36)48)56(44)46(37)54/h1-8,11-15,20,27,30-31,33-36,39-45,50-53H,9-10,16-19,21-26H2. The molecule has 11 aliphatic rings. The first-order valence-corrected chi connectivity index (χ1v) is 22.9. The number of anilines is 2. The van der Waals surface area contributed by atoms with Gasteiger partial charge in [0.15, 0.2) is 6.71 Å². The number of nitrogens with one attached hydrogen (secondary N) is 4. The largest absolute Gasteiger partial charge is 0.351 e. The van der Waals surface area contributed by atoms with Crippen molar-refractivity contribution in [2.24, 2.45) is 0 Å². The zero-order valence-corrected chi connectivity index (χ0v) is 33.0. The van der Waals surface area contributed by atoms with Gasteiger partial charge >= 0.3 is 0 Å². The minimum atomic E-state index is 0.414. The Labute approximate surface area is 337 Å². The molecule has 10 heteroatoms. The fraction of sp³-hybridized carbons (Fsp3) is 0.553. The summed E-state index contributed by atoms with van der Waals surface area (Å²) >= 11 is 0. The van der Waals surface area contributed by atoms with Gasteiger partial charge in [0.2, 0.25) is 0 Å². The summed E-state index contributed by atoms with van der Waals surface area (Å²) in [5, 5.41) is 16.8. The predicted molar refractivity (Wildman–Crippen MR) is 226 cm³/mol. The van der Waals surface area contributed by atoms with E-state index in [1.54, 1.807) is 22.8 Å². The Hall–Kier alpha value is -3.83. The van der Waals surface area contributed by atoms with Crippen LogP contribution in [0.4, 0.5) is 11.4 Å². The van der Waals surface area contributed by atoms with Crippen molar-refractivity contribution in [3.63, 3.8) is 0 Å². The minimum Gasteiger partial charge on any atom is -0.351 e. The van der Waals surface area contributed by atoms with Crippen molar-refractivity contribution in [1.82, 2.24) is 36.1 Å². The smallest absolute Gasteiger partial charge is 0.159 e. The van der Waals surface area contributed by atoms with E-state index in [9.17, 15) is 0 Å². The number of benzene rings is 2. The molecule has 9 nitrogen and oxygen atoms in total. The van der Waals surface area contributed by atoms with Crippen molar-refractivity contribution in [1.29, 1.82) is 0 Å². The Kier molecular flexibility index (Phi) is 7.16. The number of fused-ring (bicyclic) bond motifs is 12. The summed E-state index contributed by atoms with van der Waals surface area (Å²) in [4.78, 5) is 17.2. The second-order valence-corrected chi connectivity index (χ2v) is 19.5. The summed E-state index contributed by atoms with van der Waals surface area (Å²) in [6.45, 7) is 5.27. The third-order valence-electron chi connectivity index (χ3n) is 17.5. The van der Waals surface area contributed by atoms with E-state index in [4.69, 9.17) is 4.98 Å². The number of hydrogen-bond acceptors (Lipinski definition) is 9. The highest BCUT2D eigenvalue weighted by Crippen LogP contribution is 2.67. The van der Waals surface area contributed by atoms with Crippen molar-refractivity contribution in [2.45, 2.75) is 135 Å². The number of nitrogens with zero attached hydrogens (tertiary/aromatic N) is 5. The number of aromatic nitrogens is 1. The molecule has 1 saturated carbocycles. The van der Waals surface area contributed by atoms with Crippen LogP contribution in [0.15, 0.2) is 108 Å². The number of hydrogen-bond donors (Lipinski definition) is 4. The molecule has 1 aromatic heterocycles. The lowest BCUT2D eigenvalue weighted by molar-refractivity contribution is 0.0187.